The summed E-state index contributed by atoms with van der Waals surface area (Å²) in [5.74, 6) is 0. The molecule has 210 valence electrons. The Kier molecular flexibility index (Phi) is 5.19. The molecule has 0 aliphatic carbocycles. The molecule has 0 N–H and O–H groups in total. The number of hydrogen-bond donors (Lipinski definition) is 0. The van der Waals surface area contributed by atoms with Crippen LogP contribution in [0.4, 0.5) is 0 Å². The maximum absolute atomic E-state index is 2.46. The molecule has 3 heteroatoms. The number of nitrogens with zero attached hydrogens (tertiary/aromatic N) is 2. The zero-order chi connectivity index (χ0) is 29.5. The van der Waals surface area contributed by atoms with Crippen LogP contribution in [0.1, 0.15) is 0 Å². The lowest BCUT2D eigenvalue weighted by Gasteiger charge is -2.12. The van der Waals surface area contributed by atoms with Crippen LogP contribution in [0.15, 0.2) is 158 Å². The summed E-state index contributed by atoms with van der Waals surface area (Å²) in [6, 6.07) is 57.6. The van der Waals surface area contributed by atoms with Gasteiger partial charge >= 0.3 is 0 Å². The average Bonchev–Trinajstić information content (AvgIpc) is 3.76. The van der Waals surface area contributed by atoms with E-state index in [-0.39, 0.29) is 0 Å². The molecule has 3 aromatic heterocycles. The summed E-state index contributed by atoms with van der Waals surface area (Å²) in [5.41, 5.74) is 9.75. The van der Waals surface area contributed by atoms with Gasteiger partial charge in [-0.2, -0.15) is 0 Å². The highest BCUT2D eigenvalue weighted by molar-refractivity contribution is 7.26. The Bertz CT molecular complexity index is 2690. The second-order valence-electron chi connectivity index (χ2n) is 11.7. The van der Waals surface area contributed by atoms with Gasteiger partial charge in [-0.15, -0.1) is 11.3 Å². The molecule has 0 aliphatic heterocycles. The van der Waals surface area contributed by atoms with Crippen molar-refractivity contribution in [3.8, 4) is 22.5 Å². The minimum atomic E-state index is 1.17. The van der Waals surface area contributed by atoms with Crippen LogP contribution in [-0.2, 0) is 0 Å². The molecule has 3 heterocycles. The van der Waals surface area contributed by atoms with E-state index in [9.17, 15) is 0 Å². The summed E-state index contributed by atoms with van der Waals surface area (Å²) >= 11 is 1.88. The fourth-order valence-corrected chi connectivity index (χ4v) is 8.45. The lowest BCUT2D eigenvalue weighted by atomic mass is 10.0. The standard InChI is InChI=1S/C42H26N2S/c1-5-13-36-31(9-1)32-10-2-6-14-37(32)43(36)29-21-17-27(18-22-29)28-19-23-30(24-20-28)44-38-15-7-3-11-33(38)34-25-26-40-41(42(34)44)35-12-4-8-16-39(35)45-40/h1-26H. The first-order valence-electron chi connectivity index (χ1n) is 15.4. The summed E-state index contributed by atoms with van der Waals surface area (Å²) in [7, 11) is 0. The van der Waals surface area contributed by atoms with E-state index in [1.54, 1.807) is 0 Å². The molecule has 0 spiro atoms. The van der Waals surface area contributed by atoms with Gasteiger partial charge in [-0.25, -0.2) is 0 Å². The zero-order valence-electron chi connectivity index (χ0n) is 24.3. The maximum atomic E-state index is 2.46. The molecular formula is C42H26N2S. The summed E-state index contributed by atoms with van der Waals surface area (Å²) < 4.78 is 7.49. The van der Waals surface area contributed by atoms with Gasteiger partial charge in [0.25, 0.3) is 0 Å². The van der Waals surface area contributed by atoms with Crippen molar-refractivity contribution in [3.05, 3.63) is 158 Å². The fourth-order valence-electron chi connectivity index (χ4n) is 7.34. The van der Waals surface area contributed by atoms with E-state index in [2.05, 4.69) is 167 Å². The van der Waals surface area contributed by atoms with Gasteiger partial charge in [-0.3, -0.25) is 0 Å². The van der Waals surface area contributed by atoms with Gasteiger partial charge in [0.15, 0.2) is 0 Å². The van der Waals surface area contributed by atoms with Gasteiger partial charge < -0.3 is 9.13 Å². The van der Waals surface area contributed by atoms with Crippen molar-refractivity contribution in [1.29, 1.82) is 0 Å². The van der Waals surface area contributed by atoms with Crippen LogP contribution in [0, 0.1) is 0 Å². The Morgan fingerprint density at radius 1 is 0.333 bits per heavy atom. The van der Waals surface area contributed by atoms with Gasteiger partial charge in [0, 0.05) is 53.1 Å². The van der Waals surface area contributed by atoms with E-state index in [0.717, 1.165) is 0 Å². The first-order valence-corrected chi connectivity index (χ1v) is 16.2. The highest BCUT2D eigenvalue weighted by atomic mass is 32.1. The molecule has 0 saturated carbocycles. The summed E-state index contributed by atoms with van der Waals surface area (Å²) in [6.07, 6.45) is 0. The number of aromatic nitrogens is 2. The molecule has 10 rings (SSSR count). The van der Waals surface area contributed by atoms with E-state index in [1.807, 2.05) is 11.3 Å². The van der Waals surface area contributed by atoms with Crippen LogP contribution in [-0.4, -0.2) is 9.13 Å². The number of benzene rings is 7. The number of thiophene rings is 1. The summed E-state index contributed by atoms with van der Waals surface area (Å²) in [5, 5.41) is 7.82. The van der Waals surface area contributed by atoms with Crippen molar-refractivity contribution in [1.82, 2.24) is 9.13 Å². The predicted octanol–water partition coefficient (Wildman–Crippen LogP) is 11.9. The largest absolute Gasteiger partial charge is 0.309 e. The van der Waals surface area contributed by atoms with Crippen LogP contribution in [0.3, 0.4) is 0 Å². The number of fused-ring (bicyclic) bond motifs is 10. The summed E-state index contributed by atoms with van der Waals surface area (Å²) in [6.45, 7) is 0. The van der Waals surface area contributed by atoms with Crippen LogP contribution in [0.2, 0.25) is 0 Å². The van der Waals surface area contributed by atoms with Crippen molar-refractivity contribution in [2.24, 2.45) is 0 Å². The van der Waals surface area contributed by atoms with E-state index in [4.69, 9.17) is 0 Å². The number of rotatable bonds is 3. The highest BCUT2D eigenvalue weighted by Crippen LogP contribution is 2.43. The Labute approximate surface area is 263 Å². The normalized spacial score (nSPS) is 12.0. The van der Waals surface area contributed by atoms with E-state index < -0.39 is 0 Å². The fraction of sp³-hybridized carbons (Fsp3) is 0. The second-order valence-corrected chi connectivity index (χ2v) is 12.8. The third-order valence-corrected chi connectivity index (χ3v) is 10.5. The van der Waals surface area contributed by atoms with Gasteiger partial charge in [-0.05, 0) is 65.7 Å². The number of hydrogen-bond acceptors (Lipinski definition) is 1. The monoisotopic (exact) mass is 590 g/mol. The topological polar surface area (TPSA) is 9.86 Å². The molecule has 0 radical (unpaired) electrons. The van der Waals surface area contributed by atoms with Gasteiger partial charge in [-0.1, -0.05) is 103 Å². The quantitative estimate of drug-likeness (QED) is 0.194. The molecule has 2 nitrogen and oxygen atoms in total. The zero-order valence-corrected chi connectivity index (χ0v) is 25.1. The first-order chi connectivity index (χ1) is 22.3. The molecule has 0 saturated heterocycles. The second kappa shape index (κ2) is 9.43. The lowest BCUT2D eigenvalue weighted by Crippen LogP contribution is -1.95. The molecule has 0 aliphatic rings. The SMILES string of the molecule is c1ccc2c(c1)sc1ccc3c4ccccc4n(-c4ccc(-c5ccc(-n6c7ccccc7c7ccccc76)cc5)cc4)c3c12. The van der Waals surface area contributed by atoms with Gasteiger partial charge in [0.1, 0.15) is 0 Å². The van der Waals surface area contributed by atoms with E-state index >= 15 is 0 Å². The molecule has 0 bridgehead atoms. The number of para-hydroxylation sites is 3. The van der Waals surface area contributed by atoms with E-state index in [1.165, 1.54) is 86.3 Å². The minimum absolute atomic E-state index is 1.17. The van der Waals surface area contributed by atoms with Gasteiger partial charge in [0.05, 0.1) is 22.1 Å². The first kappa shape index (κ1) is 24.8. The molecule has 0 fully saturated rings. The third kappa shape index (κ3) is 3.56. The molecule has 0 atom stereocenters. The minimum Gasteiger partial charge on any atom is -0.309 e. The van der Waals surface area contributed by atoms with Crippen molar-refractivity contribution < 1.29 is 0 Å². The van der Waals surface area contributed by atoms with E-state index in [0.29, 0.717) is 0 Å². The Balaban J connectivity index is 1.10. The van der Waals surface area contributed by atoms with Crippen molar-refractivity contribution in [2.45, 2.75) is 0 Å². The Morgan fingerprint density at radius 3 is 1.40 bits per heavy atom. The lowest BCUT2D eigenvalue weighted by molar-refractivity contribution is 1.18. The highest BCUT2D eigenvalue weighted by Gasteiger charge is 2.18. The average molecular weight is 591 g/mol. The molecule has 7 aromatic carbocycles. The van der Waals surface area contributed by atoms with Gasteiger partial charge in [0.2, 0.25) is 0 Å². The summed E-state index contributed by atoms with van der Waals surface area (Å²) in [4.78, 5) is 0. The van der Waals surface area contributed by atoms with Crippen molar-refractivity contribution in [2.75, 3.05) is 0 Å². The van der Waals surface area contributed by atoms with Crippen LogP contribution in [0.25, 0.3) is 86.3 Å². The van der Waals surface area contributed by atoms with Crippen LogP contribution >= 0.6 is 11.3 Å². The molecule has 45 heavy (non-hydrogen) atoms. The molecule has 0 amide bonds. The van der Waals surface area contributed by atoms with Crippen LogP contribution < -0.4 is 0 Å². The smallest absolute Gasteiger partial charge is 0.0634 e. The van der Waals surface area contributed by atoms with Crippen molar-refractivity contribution in [3.63, 3.8) is 0 Å². The van der Waals surface area contributed by atoms with Crippen molar-refractivity contribution >= 4 is 75.1 Å². The van der Waals surface area contributed by atoms with Crippen LogP contribution in [0.5, 0.6) is 0 Å². The Morgan fingerprint density at radius 2 is 0.800 bits per heavy atom. The molecule has 0 unspecified atom stereocenters. The third-order valence-electron chi connectivity index (χ3n) is 9.34. The maximum Gasteiger partial charge on any atom is 0.0634 e. The molecular weight excluding hydrogens is 565 g/mol. The molecule has 10 aromatic rings. The predicted molar refractivity (Wildman–Crippen MR) is 193 cm³/mol. The Hall–Kier alpha value is -5.64.